The standard InChI is InChI=1S/C20H41NO2.C18H35NO3.C16H34O/c1-4-6-8-10-11-12-14-16-18-20(21-3,19(22)23)17-15-13-9-7-5-2;1-4-5-6-7-8-9-10-11-12-13-14-15-16(20)18(2,19-3)17(21)22;1-3-5-7-9-10-11-13-15-16(17)14-12-8-6-4-2/h21H,4-18H2,1-3H3,(H,22,23);19H,4-15H2,1-3H3,(H,21,22);16-17H,3-15H2,1-2H3. The number of likely N-dealkylation sites (N-methyl/N-ethyl adjacent to an activating group) is 2. The molecule has 0 saturated carbocycles. The summed E-state index contributed by atoms with van der Waals surface area (Å²) in [5, 5.41) is 34.3. The van der Waals surface area contributed by atoms with Crippen molar-refractivity contribution >= 4 is 17.7 Å². The van der Waals surface area contributed by atoms with Crippen molar-refractivity contribution in [3.8, 4) is 0 Å². The first kappa shape index (κ1) is 64.8. The first-order valence-corrected chi connectivity index (χ1v) is 27.0. The van der Waals surface area contributed by atoms with Crippen LogP contribution in [-0.2, 0) is 14.4 Å². The highest BCUT2D eigenvalue weighted by Crippen LogP contribution is 2.24. The number of aliphatic hydroxyl groups is 1. The van der Waals surface area contributed by atoms with Gasteiger partial charge in [-0.05, 0) is 53.1 Å². The first-order valence-electron chi connectivity index (χ1n) is 27.0. The molecule has 0 aromatic rings. The second-order valence-electron chi connectivity index (χ2n) is 18.8. The molecule has 0 fully saturated rings. The van der Waals surface area contributed by atoms with Gasteiger partial charge in [0.1, 0.15) is 5.54 Å². The molecule has 0 aliphatic carbocycles. The molecule has 0 aliphatic rings. The molecule has 0 bridgehead atoms. The van der Waals surface area contributed by atoms with E-state index in [-0.39, 0.29) is 11.9 Å². The molecule has 0 rings (SSSR count). The molecule has 8 heteroatoms. The Morgan fingerprint density at radius 2 is 0.677 bits per heavy atom. The van der Waals surface area contributed by atoms with Crippen LogP contribution in [0.2, 0.25) is 0 Å². The molecule has 0 aliphatic heterocycles. The Balaban J connectivity index is -0.000000852. The van der Waals surface area contributed by atoms with E-state index in [4.69, 9.17) is 5.11 Å². The molecule has 0 aromatic heterocycles. The largest absolute Gasteiger partial charge is 0.480 e. The summed E-state index contributed by atoms with van der Waals surface area (Å²) < 4.78 is 0. The summed E-state index contributed by atoms with van der Waals surface area (Å²) in [7, 11) is 3.33. The average Bonchev–Trinajstić information content (AvgIpc) is 3.26. The lowest BCUT2D eigenvalue weighted by Gasteiger charge is -2.29. The molecule has 372 valence electrons. The number of aliphatic carboxylic acids is 2. The average molecular weight is 883 g/mol. The Bertz CT molecular complexity index is 963. The van der Waals surface area contributed by atoms with E-state index in [0.717, 1.165) is 64.2 Å². The highest BCUT2D eigenvalue weighted by Gasteiger charge is 2.38. The Morgan fingerprint density at radius 3 is 0.952 bits per heavy atom. The third kappa shape index (κ3) is 40.0. The van der Waals surface area contributed by atoms with Crippen molar-refractivity contribution < 1.29 is 29.7 Å². The molecule has 0 spiro atoms. The van der Waals surface area contributed by atoms with Crippen molar-refractivity contribution in [3.63, 3.8) is 0 Å². The minimum atomic E-state index is -1.43. The Morgan fingerprint density at radius 1 is 0.403 bits per heavy atom. The van der Waals surface area contributed by atoms with Gasteiger partial charge in [0.05, 0.1) is 6.10 Å². The predicted molar refractivity (Wildman–Crippen MR) is 269 cm³/mol. The summed E-state index contributed by atoms with van der Waals surface area (Å²) in [5.41, 5.74) is -2.13. The lowest BCUT2D eigenvalue weighted by atomic mass is 9.86. The number of carbonyl (C=O) groups excluding carboxylic acids is 1. The van der Waals surface area contributed by atoms with Crippen molar-refractivity contribution in [2.45, 2.75) is 316 Å². The lowest BCUT2D eigenvalue weighted by molar-refractivity contribution is -0.149. The second-order valence-corrected chi connectivity index (χ2v) is 18.8. The molecule has 0 saturated heterocycles. The number of Topliss-reactive ketones (excluding diaryl/α,β-unsaturated/α-hetero) is 1. The number of nitrogens with one attached hydrogen (secondary N) is 2. The number of carboxylic acids is 2. The zero-order valence-corrected chi connectivity index (χ0v) is 42.9. The van der Waals surface area contributed by atoms with Crippen molar-refractivity contribution in [2.24, 2.45) is 0 Å². The molecule has 0 heterocycles. The molecule has 3 unspecified atom stereocenters. The lowest BCUT2D eigenvalue weighted by Crippen LogP contribution is -2.54. The van der Waals surface area contributed by atoms with Crippen LogP contribution >= 0.6 is 0 Å². The number of ketones is 1. The fourth-order valence-electron chi connectivity index (χ4n) is 8.14. The molecule has 3 atom stereocenters. The van der Waals surface area contributed by atoms with Crippen LogP contribution in [0.25, 0.3) is 0 Å². The van der Waals surface area contributed by atoms with E-state index in [1.165, 1.54) is 200 Å². The highest BCUT2D eigenvalue weighted by molar-refractivity contribution is 6.07. The molecular formula is C54H110N2O6. The van der Waals surface area contributed by atoms with Crippen LogP contribution in [0.3, 0.4) is 0 Å². The summed E-state index contributed by atoms with van der Waals surface area (Å²) in [4.78, 5) is 34.8. The van der Waals surface area contributed by atoms with Crippen LogP contribution in [-0.4, -0.2) is 64.3 Å². The van der Waals surface area contributed by atoms with Crippen LogP contribution < -0.4 is 10.6 Å². The third-order valence-electron chi connectivity index (χ3n) is 13.1. The van der Waals surface area contributed by atoms with Gasteiger partial charge in [0.15, 0.2) is 11.3 Å². The van der Waals surface area contributed by atoms with Gasteiger partial charge in [-0.3, -0.25) is 14.9 Å². The van der Waals surface area contributed by atoms with Gasteiger partial charge in [0.25, 0.3) is 0 Å². The van der Waals surface area contributed by atoms with E-state index in [0.29, 0.717) is 6.42 Å². The van der Waals surface area contributed by atoms with E-state index in [9.17, 15) is 24.6 Å². The Hall–Kier alpha value is -1.51. The summed E-state index contributed by atoms with van der Waals surface area (Å²) in [6.45, 7) is 12.6. The first-order chi connectivity index (χ1) is 29.9. The maximum Gasteiger partial charge on any atom is 0.331 e. The van der Waals surface area contributed by atoms with E-state index in [1.807, 2.05) is 7.05 Å². The van der Waals surface area contributed by atoms with E-state index < -0.39 is 23.0 Å². The molecule has 0 aromatic carbocycles. The van der Waals surface area contributed by atoms with Crippen molar-refractivity contribution in [1.82, 2.24) is 10.6 Å². The highest BCUT2D eigenvalue weighted by atomic mass is 16.4. The molecule has 0 radical (unpaired) electrons. The fourth-order valence-corrected chi connectivity index (χ4v) is 8.14. The molecule has 62 heavy (non-hydrogen) atoms. The van der Waals surface area contributed by atoms with Crippen molar-refractivity contribution in [1.29, 1.82) is 0 Å². The minimum absolute atomic E-state index is 0.0255. The SMILES string of the molecule is CCCCCCCCCC(O)CCCCCC.CCCCCCCCCCC(CCCCCCC)(NC)C(=O)O.CCCCCCCCCCCCCC(=O)C(C)(NC)C(=O)O. The van der Waals surface area contributed by atoms with Gasteiger partial charge in [0.2, 0.25) is 0 Å². The quantitative estimate of drug-likeness (QED) is 0.0301. The molecule has 5 N–H and O–H groups in total. The van der Waals surface area contributed by atoms with Crippen LogP contribution in [0.4, 0.5) is 0 Å². The van der Waals surface area contributed by atoms with E-state index in [2.05, 4.69) is 45.3 Å². The van der Waals surface area contributed by atoms with Gasteiger partial charge in [-0.2, -0.15) is 0 Å². The number of unbranched alkanes of at least 4 members (excludes halogenated alkanes) is 30. The Labute approximate surface area is 386 Å². The summed E-state index contributed by atoms with van der Waals surface area (Å²) in [6, 6.07) is 0. The number of carboxylic acid groups (broad SMARTS) is 2. The van der Waals surface area contributed by atoms with Crippen LogP contribution in [0.5, 0.6) is 0 Å². The van der Waals surface area contributed by atoms with E-state index in [1.54, 1.807) is 0 Å². The van der Waals surface area contributed by atoms with Gasteiger partial charge >= 0.3 is 11.9 Å². The van der Waals surface area contributed by atoms with Crippen LogP contribution in [0.1, 0.15) is 298 Å². The smallest absolute Gasteiger partial charge is 0.331 e. The van der Waals surface area contributed by atoms with Crippen molar-refractivity contribution in [3.05, 3.63) is 0 Å². The zero-order valence-electron chi connectivity index (χ0n) is 42.9. The van der Waals surface area contributed by atoms with Gasteiger partial charge in [-0.15, -0.1) is 0 Å². The van der Waals surface area contributed by atoms with Gasteiger partial charge in [0, 0.05) is 6.42 Å². The van der Waals surface area contributed by atoms with Crippen LogP contribution in [0.15, 0.2) is 0 Å². The monoisotopic (exact) mass is 883 g/mol. The number of hydrogen-bond acceptors (Lipinski definition) is 6. The van der Waals surface area contributed by atoms with Gasteiger partial charge < -0.3 is 20.6 Å². The van der Waals surface area contributed by atoms with Gasteiger partial charge in [-0.25, -0.2) is 4.79 Å². The maximum atomic E-state index is 12.0. The second kappa shape index (κ2) is 48.9. The third-order valence-corrected chi connectivity index (χ3v) is 13.1. The summed E-state index contributed by atoms with van der Waals surface area (Å²) in [6.07, 6.45) is 47.9. The number of hydrogen-bond donors (Lipinski definition) is 5. The van der Waals surface area contributed by atoms with Crippen LogP contribution in [0, 0.1) is 0 Å². The predicted octanol–water partition coefficient (Wildman–Crippen LogP) is 15.7. The van der Waals surface area contributed by atoms with Crippen molar-refractivity contribution in [2.75, 3.05) is 14.1 Å². The normalized spacial score (nSPS) is 13.6. The summed E-state index contributed by atoms with van der Waals surface area (Å²) >= 11 is 0. The maximum absolute atomic E-state index is 12.0. The zero-order chi connectivity index (χ0) is 47.0. The van der Waals surface area contributed by atoms with E-state index >= 15 is 0 Å². The topological polar surface area (TPSA) is 136 Å². The molecule has 8 nitrogen and oxygen atoms in total. The fraction of sp³-hybridized carbons (Fsp3) is 0.944. The number of rotatable bonds is 45. The van der Waals surface area contributed by atoms with Gasteiger partial charge in [-0.1, -0.05) is 253 Å². The minimum Gasteiger partial charge on any atom is -0.480 e. The Kier molecular flexibility index (Phi) is 51.1. The number of aliphatic hydroxyl groups excluding tert-OH is 1. The number of carbonyl (C=O) groups is 3. The molecule has 0 amide bonds. The summed E-state index contributed by atoms with van der Waals surface area (Å²) in [5.74, 6) is -1.99. The molecular weight excluding hydrogens is 773 g/mol.